The highest BCUT2D eigenvalue weighted by Crippen LogP contribution is 2.37. The minimum absolute atomic E-state index is 0. The molecule has 2 fully saturated rings. The molecule has 3 unspecified atom stereocenters. The van der Waals surface area contributed by atoms with Crippen molar-refractivity contribution in [3.63, 3.8) is 0 Å². The van der Waals surface area contributed by atoms with Gasteiger partial charge in [-0.2, -0.15) is 0 Å². The Morgan fingerprint density at radius 2 is 2.08 bits per heavy atom. The van der Waals surface area contributed by atoms with E-state index in [1.807, 2.05) is 4.90 Å². The summed E-state index contributed by atoms with van der Waals surface area (Å²) in [6.45, 7) is 2.15. The fraction of sp³-hybridized carbons (Fsp3) is 0.588. The molecule has 1 aromatic rings. The molecule has 1 heterocycles. The second-order valence-corrected chi connectivity index (χ2v) is 7.25. The fourth-order valence-corrected chi connectivity index (χ4v) is 4.02. The van der Waals surface area contributed by atoms with Crippen molar-refractivity contribution >= 4 is 41.5 Å². The summed E-state index contributed by atoms with van der Waals surface area (Å²) in [6, 6.07) is 5.56. The second-order valence-electron chi connectivity index (χ2n) is 6.47. The van der Waals surface area contributed by atoms with E-state index in [-0.39, 0.29) is 24.4 Å². The average Bonchev–Trinajstić information content (AvgIpc) is 3.10. The molecule has 24 heavy (non-hydrogen) atoms. The highest BCUT2D eigenvalue weighted by molar-refractivity contribution is 6.42. The molecule has 3 rings (SSSR count). The highest BCUT2D eigenvalue weighted by atomic mass is 35.5. The number of nitrogens with two attached hydrogens (primary N) is 1. The molecule has 1 saturated carbocycles. The van der Waals surface area contributed by atoms with Crippen molar-refractivity contribution in [3.8, 4) is 5.75 Å². The summed E-state index contributed by atoms with van der Waals surface area (Å²) in [7, 11) is 0. The first-order chi connectivity index (χ1) is 11.1. The van der Waals surface area contributed by atoms with E-state index in [1.54, 1.807) is 18.2 Å². The minimum Gasteiger partial charge on any atom is -0.492 e. The first-order valence-corrected chi connectivity index (χ1v) is 8.92. The van der Waals surface area contributed by atoms with Crippen LogP contribution >= 0.6 is 35.6 Å². The Kier molecular flexibility index (Phi) is 7.05. The molecule has 0 radical (unpaired) electrons. The third-order valence-corrected chi connectivity index (χ3v) is 5.78. The number of hydrogen-bond acceptors (Lipinski definition) is 3. The van der Waals surface area contributed by atoms with E-state index < -0.39 is 0 Å². The number of fused-ring (bicyclic) bond motifs is 1. The van der Waals surface area contributed by atoms with Crippen LogP contribution in [0.5, 0.6) is 5.75 Å². The molecule has 2 N–H and O–H groups in total. The molecule has 2 aliphatic rings. The van der Waals surface area contributed by atoms with E-state index in [2.05, 4.69) is 0 Å². The lowest BCUT2D eigenvalue weighted by atomic mass is 9.98. The van der Waals surface area contributed by atoms with Crippen LogP contribution in [-0.4, -0.2) is 36.5 Å². The predicted molar refractivity (Wildman–Crippen MR) is 99.2 cm³/mol. The standard InChI is InChI=1S/C17H22Cl2N2O2.ClH/c18-13-3-1-4-15(17(13)19)23-8-2-5-16(22)21-9-11-6-7-14(20)12(11)10-21;/h1,3-4,11-12,14H,2,5-10,20H2;1H. The monoisotopic (exact) mass is 392 g/mol. The SMILES string of the molecule is Cl.NC1CCC2CN(C(=O)CCCOc3cccc(Cl)c3Cl)CC12. The van der Waals surface area contributed by atoms with Crippen LogP contribution in [0.4, 0.5) is 0 Å². The smallest absolute Gasteiger partial charge is 0.222 e. The van der Waals surface area contributed by atoms with E-state index >= 15 is 0 Å². The molecule has 4 nitrogen and oxygen atoms in total. The van der Waals surface area contributed by atoms with Gasteiger partial charge in [-0.25, -0.2) is 0 Å². The lowest BCUT2D eigenvalue weighted by molar-refractivity contribution is -0.130. The Balaban J connectivity index is 0.00000208. The van der Waals surface area contributed by atoms with Crippen LogP contribution in [0.1, 0.15) is 25.7 Å². The van der Waals surface area contributed by atoms with Gasteiger partial charge in [-0.05, 0) is 43.2 Å². The van der Waals surface area contributed by atoms with Crippen LogP contribution in [-0.2, 0) is 4.79 Å². The van der Waals surface area contributed by atoms with Crippen molar-refractivity contribution in [2.75, 3.05) is 19.7 Å². The predicted octanol–water partition coefficient (Wildman–Crippen LogP) is 3.77. The van der Waals surface area contributed by atoms with Gasteiger partial charge in [0.2, 0.25) is 5.91 Å². The molecular weight excluding hydrogens is 371 g/mol. The first kappa shape index (κ1) is 19.6. The van der Waals surface area contributed by atoms with Gasteiger partial charge in [-0.1, -0.05) is 29.3 Å². The molecular formula is C17H23Cl3N2O2. The van der Waals surface area contributed by atoms with Crippen molar-refractivity contribution in [2.24, 2.45) is 17.6 Å². The number of ether oxygens (including phenoxy) is 1. The molecule has 1 aromatic carbocycles. The molecule has 1 amide bonds. The van der Waals surface area contributed by atoms with Gasteiger partial charge in [0.15, 0.2) is 0 Å². The number of nitrogens with zero attached hydrogens (tertiary/aromatic N) is 1. The number of benzene rings is 1. The number of likely N-dealkylation sites (tertiary alicyclic amines) is 1. The summed E-state index contributed by atoms with van der Waals surface area (Å²) in [5, 5.41) is 0.891. The average molecular weight is 394 g/mol. The molecule has 7 heteroatoms. The fourth-order valence-electron chi connectivity index (χ4n) is 3.67. The zero-order valence-electron chi connectivity index (χ0n) is 13.4. The van der Waals surface area contributed by atoms with Gasteiger partial charge in [-0.15, -0.1) is 12.4 Å². The quantitative estimate of drug-likeness (QED) is 0.775. The molecule has 1 aliphatic carbocycles. The van der Waals surface area contributed by atoms with Crippen LogP contribution in [0, 0.1) is 11.8 Å². The summed E-state index contributed by atoms with van der Waals surface area (Å²) in [6.07, 6.45) is 3.42. The van der Waals surface area contributed by atoms with Crippen LogP contribution in [0.2, 0.25) is 10.0 Å². The summed E-state index contributed by atoms with van der Waals surface area (Å²) in [5.41, 5.74) is 6.11. The molecule has 0 spiro atoms. The van der Waals surface area contributed by atoms with E-state index in [0.717, 1.165) is 25.9 Å². The van der Waals surface area contributed by atoms with E-state index in [1.165, 1.54) is 0 Å². The zero-order chi connectivity index (χ0) is 16.4. The molecule has 134 valence electrons. The maximum Gasteiger partial charge on any atom is 0.222 e. The highest BCUT2D eigenvalue weighted by Gasteiger charge is 2.42. The van der Waals surface area contributed by atoms with Gasteiger partial charge >= 0.3 is 0 Å². The summed E-state index contributed by atoms with van der Waals surface area (Å²) < 4.78 is 5.62. The summed E-state index contributed by atoms with van der Waals surface area (Å²) in [4.78, 5) is 14.3. The molecule has 0 aromatic heterocycles. The van der Waals surface area contributed by atoms with Gasteiger partial charge in [0.05, 0.1) is 11.6 Å². The molecule has 1 saturated heterocycles. The number of amides is 1. The number of carbonyl (C=O) groups excluding carboxylic acids is 1. The van der Waals surface area contributed by atoms with E-state index in [9.17, 15) is 4.79 Å². The van der Waals surface area contributed by atoms with E-state index in [0.29, 0.717) is 47.1 Å². The van der Waals surface area contributed by atoms with Crippen molar-refractivity contribution in [1.29, 1.82) is 0 Å². The molecule has 0 bridgehead atoms. The Bertz CT molecular complexity index is 585. The third-order valence-electron chi connectivity index (χ3n) is 4.97. The van der Waals surface area contributed by atoms with Crippen molar-refractivity contribution in [2.45, 2.75) is 31.7 Å². The summed E-state index contributed by atoms with van der Waals surface area (Å²) >= 11 is 12.0. The molecule has 3 atom stereocenters. The maximum atomic E-state index is 12.3. The van der Waals surface area contributed by atoms with Crippen molar-refractivity contribution < 1.29 is 9.53 Å². The van der Waals surface area contributed by atoms with Crippen LogP contribution in [0.25, 0.3) is 0 Å². The van der Waals surface area contributed by atoms with Crippen molar-refractivity contribution in [1.82, 2.24) is 4.90 Å². The van der Waals surface area contributed by atoms with Crippen molar-refractivity contribution in [3.05, 3.63) is 28.2 Å². The topological polar surface area (TPSA) is 55.6 Å². The van der Waals surface area contributed by atoms with Crippen LogP contribution in [0.3, 0.4) is 0 Å². The Labute approximate surface area is 159 Å². The van der Waals surface area contributed by atoms with Gasteiger partial charge < -0.3 is 15.4 Å². The van der Waals surface area contributed by atoms with Crippen LogP contribution < -0.4 is 10.5 Å². The number of halogens is 3. The largest absolute Gasteiger partial charge is 0.492 e. The normalized spacial score (nSPS) is 25.3. The Morgan fingerprint density at radius 1 is 1.29 bits per heavy atom. The third kappa shape index (κ3) is 4.29. The van der Waals surface area contributed by atoms with Crippen LogP contribution in [0.15, 0.2) is 18.2 Å². The van der Waals surface area contributed by atoms with Gasteiger partial charge in [0.1, 0.15) is 10.8 Å². The number of hydrogen-bond donors (Lipinski definition) is 1. The van der Waals surface area contributed by atoms with Gasteiger partial charge in [0.25, 0.3) is 0 Å². The zero-order valence-corrected chi connectivity index (χ0v) is 15.7. The number of carbonyl (C=O) groups is 1. The lowest BCUT2D eigenvalue weighted by Gasteiger charge is -2.18. The summed E-state index contributed by atoms with van der Waals surface area (Å²) in [5.74, 6) is 1.87. The Hall–Kier alpha value is -0.680. The van der Waals surface area contributed by atoms with E-state index in [4.69, 9.17) is 33.7 Å². The first-order valence-electron chi connectivity index (χ1n) is 8.16. The Morgan fingerprint density at radius 3 is 2.83 bits per heavy atom. The maximum absolute atomic E-state index is 12.3. The molecule has 1 aliphatic heterocycles. The minimum atomic E-state index is 0. The second kappa shape index (κ2) is 8.61. The van der Waals surface area contributed by atoms with Gasteiger partial charge in [-0.3, -0.25) is 4.79 Å². The van der Waals surface area contributed by atoms with Gasteiger partial charge in [0, 0.05) is 25.6 Å². The lowest BCUT2D eigenvalue weighted by Crippen LogP contribution is -2.33. The number of rotatable bonds is 5.